The zero-order valence-corrected chi connectivity index (χ0v) is 12.2. The van der Waals surface area contributed by atoms with Gasteiger partial charge < -0.3 is 4.74 Å². The molecule has 1 aromatic rings. The molecule has 102 valence electrons. The quantitative estimate of drug-likeness (QED) is 0.741. The maximum Gasteiger partial charge on any atom is 0.280 e. The van der Waals surface area contributed by atoms with E-state index in [4.69, 9.17) is 4.74 Å². The van der Waals surface area contributed by atoms with Crippen molar-refractivity contribution in [2.45, 2.75) is 38.6 Å². The Morgan fingerprint density at radius 2 is 2.06 bits per heavy atom. The van der Waals surface area contributed by atoms with Gasteiger partial charge in [0.05, 0.1) is 0 Å². The topological polar surface area (TPSA) is 35.0 Å². The van der Waals surface area contributed by atoms with Gasteiger partial charge in [0.15, 0.2) is 5.82 Å². The van der Waals surface area contributed by atoms with E-state index in [1.54, 1.807) is 0 Å². The van der Waals surface area contributed by atoms with E-state index in [1.807, 2.05) is 20.8 Å². The number of hydrogen-bond acceptors (Lipinski definition) is 3. The maximum atomic E-state index is 12.9. The summed E-state index contributed by atoms with van der Waals surface area (Å²) in [6.45, 7) is 6.25. The second-order valence-corrected chi connectivity index (χ2v) is 4.75. The number of rotatable bonds is 6. The van der Waals surface area contributed by atoms with Crippen molar-refractivity contribution in [2.24, 2.45) is 5.92 Å². The third kappa shape index (κ3) is 3.68. The molecule has 0 aromatic carbocycles. The average Bonchev–Trinajstić information content (AvgIpc) is 2.34. The van der Waals surface area contributed by atoms with E-state index in [9.17, 15) is 8.78 Å². The molecule has 0 spiro atoms. The number of nitrogens with zero attached hydrogens (tertiary/aromatic N) is 2. The number of alkyl halides is 3. The van der Waals surface area contributed by atoms with Crippen LogP contribution in [0.4, 0.5) is 8.78 Å². The number of hydrogen-bond donors (Lipinski definition) is 0. The summed E-state index contributed by atoms with van der Waals surface area (Å²) in [5.41, 5.74) is 0.190. The van der Waals surface area contributed by atoms with E-state index in [1.165, 1.54) is 6.20 Å². The lowest BCUT2D eigenvalue weighted by Crippen LogP contribution is -2.16. The first-order valence-corrected chi connectivity index (χ1v) is 6.94. The SMILES string of the molecule is CCOC(c1ncc(CBr)c(C(F)F)n1)C(C)C. The van der Waals surface area contributed by atoms with Gasteiger partial charge in [0, 0.05) is 23.7 Å². The second kappa shape index (κ2) is 7.09. The Balaban J connectivity index is 3.12. The molecule has 0 N–H and O–H groups in total. The Kier molecular flexibility index (Phi) is 6.08. The van der Waals surface area contributed by atoms with E-state index in [2.05, 4.69) is 25.9 Å². The summed E-state index contributed by atoms with van der Waals surface area (Å²) in [5, 5.41) is 0.313. The van der Waals surface area contributed by atoms with Gasteiger partial charge in [0.2, 0.25) is 0 Å². The molecule has 0 aliphatic heterocycles. The van der Waals surface area contributed by atoms with Gasteiger partial charge in [-0.05, 0) is 12.8 Å². The summed E-state index contributed by atoms with van der Waals surface area (Å²) in [6, 6.07) is 0. The summed E-state index contributed by atoms with van der Waals surface area (Å²) < 4.78 is 31.3. The van der Waals surface area contributed by atoms with Crippen LogP contribution in [-0.4, -0.2) is 16.6 Å². The van der Waals surface area contributed by atoms with Gasteiger partial charge in [-0.3, -0.25) is 0 Å². The van der Waals surface area contributed by atoms with Gasteiger partial charge in [0.25, 0.3) is 6.43 Å². The highest BCUT2D eigenvalue weighted by molar-refractivity contribution is 9.08. The van der Waals surface area contributed by atoms with Crippen LogP contribution in [0.1, 0.15) is 50.4 Å². The van der Waals surface area contributed by atoms with Crippen LogP contribution < -0.4 is 0 Å². The normalized spacial score (nSPS) is 13.3. The van der Waals surface area contributed by atoms with Gasteiger partial charge in [-0.15, -0.1) is 0 Å². The van der Waals surface area contributed by atoms with Crippen molar-refractivity contribution in [2.75, 3.05) is 6.61 Å². The Bertz CT molecular complexity index is 388. The molecule has 18 heavy (non-hydrogen) atoms. The zero-order valence-electron chi connectivity index (χ0n) is 10.7. The lowest BCUT2D eigenvalue weighted by molar-refractivity contribution is 0.0223. The summed E-state index contributed by atoms with van der Waals surface area (Å²) in [5.74, 6) is 0.456. The fourth-order valence-electron chi connectivity index (χ4n) is 1.61. The molecule has 1 heterocycles. The minimum atomic E-state index is -2.60. The molecule has 6 heteroatoms. The smallest absolute Gasteiger partial charge is 0.280 e. The standard InChI is InChI=1S/C12H17BrF2N2O/c1-4-18-10(7(2)3)12-16-6-8(5-13)9(17-12)11(14)15/h6-7,10-11H,4-5H2,1-3H3. The van der Waals surface area contributed by atoms with Crippen LogP contribution in [-0.2, 0) is 10.1 Å². The molecule has 0 aliphatic rings. The van der Waals surface area contributed by atoms with Crippen LogP contribution in [0.25, 0.3) is 0 Å². The molecule has 0 radical (unpaired) electrons. The van der Waals surface area contributed by atoms with Crippen molar-refractivity contribution in [1.29, 1.82) is 0 Å². The van der Waals surface area contributed by atoms with Crippen molar-refractivity contribution >= 4 is 15.9 Å². The molecule has 0 bridgehead atoms. The highest BCUT2D eigenvalue weighted by Gasteiger charge is 2.23. The predicted molar refractivity (Wildman–Crippen MR) is 68.8 cm³/mol. The van der Waals surface area contributed by atoms with Gasteiger partial charge in [0.1, 0.15) is 11.8 Å². The molecule has 0 fully saturated rings. The summed E-state index contributed by atoms with van der Waals surface area (Å²) in [6.07, 6.45) is -1.52. The first-order valence-electron chi connectivity index (χ1n) is 5.82. The first kappa shape index (κ1) is 15.4. The average molecular weight is 323 g/mol. The predicted octanol–water partition coefficient (Wildman–Crippen LogP) is 4.04. The molecule has 3 nitrogen and oxygen atoms in total. The Labute approximate surface area is 114 Å². The van der Waals surface area contributed by atoms with Gasteiger partial charge in [-0.25, -0.2) is 18.7 Å². The summed E-state index contributed by atoms with van der Waals surface area (Å²) >= 11 is 3.15. The van der Waals surface area contributed by atoms with E-state index >= 15 is 0 Å². The Morgan fingerprint density at radius 3 is 2.50 bits per heavy atom. The van der Waals surface area contributed by atoms with Crippen LogP contribution in [0, 0.1) is 5.92 Å². The van der Waals surface area contributed by atoms with E-state index in [0.717, 1.165) is 0 Å². The summed E-state index contributed by atoms with van der Waals surface area (Å²) in [7, 11) is 0. The van der Waals surface area contributed by atoms with Crippen molar-refractivity contribution in [3.05, 3.63) is 23.3 Å². The molecule has 0 aliphatic carbocycles. The Morgan fingerprint density at radius 1 is 1.39 bits per heavy atom. The Hall–Kier alpha value is -0.620. The van der Waals surface area contributed by atoms with Crippen molar-refractivity contribution < 1.29 is 13.5 Å². The lowest BCUT2D eigenvalue weighted by Gasteiger charge is -2.20. The minimum absolute atomic E-state index is 0.130. The molecular formula is C12H17BrF2N2O. The monoisotopic (exact) mass is 322 g/mol. The molecular weight excluding hydrogens is 306 g/mol. The van der Waals surface area contributed by atoms with E-state index in [0.29, 0.717) is 23.3 Å². The minimum Gasteiger partial charge on any atom is -0.370 e. The second-order valence-electron chi connectivity index (χ2n) is 4.19. The third-order valence-corrected chi connectivity index (χ3v) is 3.08. The van der Waals surface area contributed by atoms with E-state index in [-0.39, 0.29) is 17.7 Å². The largest absolute Gasteiger partial charge is 0.370 e. The molecule has 1 rings (SSSR count). The molecule has 1 aromatic heterocycles. The van der Waals surface area contributed by atoms with Crippen molar-refractivity contribution in [1.82, 2.24) is 9.97 Å². The number of ether oxygens (including phenoxy) is 1. The molecule has 0 amide bonds. The zero-order chi connectivity index (χ0) is 13.7. The maximum absolute atomic E-state index is 12.9. The van der Waals surface area contributed by atoms with E-state index < -0.39 is 6.43 Å². The van der Waals surface area contributed by atoms with Crippen LogP contribution in [0.5, 0.6) is 0 Å². The summed E-state index contributed by atoms with van der Waals surface area (Å²) in [4.78, 5) is 8.10. The highest BCUT2D eigenvalue weighted by atomic mass is 79.9. The fraction of sp³-hybridized carbons (Fsp3) is 0.667. The van der Waals surface area contributed by atoms with Crippen molar-refractivity contribution in [3.8, 4) is 0 Å². The van der Waals surface area contributed by atoms with Crippen LogP contribution >= 0.6 is 15.9 Å². The fourth-order valence-corrected chi connectivity index (χ4v) is 2.04. The van der Waals surface area contributed by atoms with Crippen molar-refractivity contribution in [3.63, 3.8) is 0 Å². The van der Waals surface area contributed by atoms with Crippen LogP contribution in [0.3, 0.4) is 0 Å². The van der Waals surface area contributed by atoms with Gasteiger partial charge in [-0.2, -0.15) is 0 Å². The highest BCUT2D eigenvalue weighted by Crippen LogP contribution is 2.27. The third-order valence-electron chi connectivity index (χ3n) is 2.47. The molecule has 1 unspecified atom stereocenters. The lowest BCUT2D eigenvalue weighted by atomic mass is 10.1. The number of aromatic nitrogens is 2. The van der Waals surface area contributed by atoms with Crippen LogP contribution in [0.2, 0.25) is 0 Å². The number of halogens is 3. The van der Waals surface area contributed by atoms with Gasteiger partial charge >= 0.3 is 0 Å². The van der Waals surface area contributed by atoms with Crippen LogP contribution in [0.15, 0.2) is 6.20 Å². The van der Waals surface area contributed by atoms with Gasteiger partial charge in [-0.1, -0.05) is 29.8 Å². The first-order chi connectivity index (χ1) is 8.51. The molecule has 1 atom stereocenters. The molecule has 0 saturated heterocycles. The molecule has 0 saturated carbocycles.